The Hall–Kier alpha value is -2.39. The van der Waals surface area contributed by atoms with Gasteiger partial charge in [-0.25, -0.2) is 15.0 Å². The third kappa shape index (κ3) is 3.92. The molecule has 2 aromatic rings. The van der Waals surface area contributed by atoms with Crippen LogP contribution in [0.4, 0.5) is 5.82 Å². The van der Waals surface area contributed by atoms with E-state index in [1.165, 1.54) is 0 Å². The highest BCUT2D eigenvalue weighted by Crippen LogP contribution is 2.28. The molecule has 0 radical (unpaired) electrons. The second-order valence-corrected chi connectivity index (χ2v) is 6.36. The van der Waals surface area contributed by atoms with Crippen LogP contribution in [0.1, 0.15) is 24.0 Å². The van der Waals surface area contributed by atoms with Crippen LogP contribution in [0.5, 0.6) is 6.01 Å². The minimum Gasteiger partial charge on any atom is -0.463 e. The fourth-order valence-electron chi connectivity index (χ4n) is 2.77. The van der Waals surface area contributed by atoms with E-state index >= 15 is 0 Å². The molecule has 2 aromatic heterocycles. The predicted octanol–water partition coefficient (Wildman–Crippen LogP) is 3.00. The Morgan fingerprint density at radius 3 is 2.83 bits per heavy atom. The van der Waals surface area contributed by atoms with Crippen molar-refractivity contribution in [1.29, 1.82) is 5.26 Å². The average Bonchev–Trinajstić information content (AvgIpc) is 2.61. The van der Waals surface area contributed by atoms with Crippen molar-refractivity contribution in [3.63, 3.8) is 0 Å². The Kier molecular flexibility index (Phi) is 5.11. The number of piperidine rings is 1. The molecule has 124 valence electrons. The summed E-state index contributed by atoms with van der Waals surface area (Å²) in [6, 6.07) is 4.12. The van der Waals surface area contributed by atoms with Gasteiger partial charge in [0.05, 0.1) is 17.2 Å². The highest BCUT2D eigenvalue weighted by atomic mass is 35.5. The largest absolute Gasteiger partial charge is 0.463 e. The number of rotatable bonds is 4. The van der Waals surface area contributed by atoms with E-state index in [2.05, 4.69) is 19.9 Å². The molecule has 0 bridgehead atoms. The second-order valence-electron chi connectivity index (χ2n) is 5.95. The number of pyridine rings is 1. The first-order chi connectivity index (χ1) is 11.7. The van der Waals surface area contributed by atoms with Gasteiger partial charge in [0.25, 0.3) is 0 Å². The number of anilines is 1. The number of aryl methyl sites for hydroxylation is 1. The molecule has 0 amide bonds. The van der Waals surface area contributed by atoms with Crippen molar-refractivity contribution in [3.05, 3.63) is 40.8 Å². The maximum Gasteiger partial charge on any atom is 0.316 e. The lowest BCUT2D eigenvalue weighted by Crippen LogP contribution is -2.38. The molecule has 7 heteroatoms. The third-order valence-electron chi connectivity index (χ3n) is 3.97. The summed E-state index contributed by atoms with van der Waals surface area (Å²) < 4.78 is 5.71. The second kappa shape index (κ2) is 7.45. The highest BCUT2D eigenvalue weighted by molar-refractivity contribution is 6.33. The molecule has 3 heterocycles. The molecule has 1 aliphatic rings. The normalized spacial score (nSPS) is 17.4. The molecule has 1 saturated heterocycles. The van der Waals surface area contributed by atoms with Crippen molar-refractivity contribution in [2.45, 2.75) is 19.8 Å². The fraction of sp³-hybridized carbons (Fsp3) is 0.412. The van der Waals surface area contributed by atoms with Crippen molar-refractivity contribution in [1.82, 2.24) is 15.0 Å². The van der Waals surface area contributed by atoms with Gasteiger partial charge in [-0.05, 0) is 31.4 Å². The van der Waals surface area contributed by atoms with E-state index in [0.29, 0.717) is 29.1 Å². The monoisotopic (exact) mass is 343 g/mol. The van der Waals surface area contributed by atoms with Crippen molar-refractivity contribution < 1.29 is 4.74 Å². The van der Waals surface area contributed by atoms with Gasteiger partial charge in [0.15, 0.2) is 0 Å². The zero-order chi connectivity index (χ0) is 16.9. The van der Waals surface area contributed by atoms with Gasteiger partial charge in [-0.2, -0.15) is 5.26 Å². The molecule has 3 rings (SSSR count). The molecule has 0 spiro atoms. The molecule has 0 aromatic carbocycles. The minimum atomic E-state index is 0.358. The van der Waals surface area contributed by atoms with Crippen molar-refractivity contribution >= 4 is 17.4 Å². The van der Waals surface area contributed by atoms with Gasteiger partial charge in [-0.3, -0.25) is 0 Å². The number of aromatic nitrogens is 3. The van der Waals surface area contributed by atoms with Gasteiger partial charge >= 0.3 is 6.01 Å². The maximum atomic E-state index is 8.91. The van der Waals surface area contributed by atoms with Crippen LogP contribution in [0.2, 0.25) is 5.02 Å². The molecule has 6 nitrogen and oxygen atoms in total. The van der Waals surface area contributed by atoms with Crippen LogP contribution < -0.4 is 9.64 Å². The fourth-order valence-corrected chi connectivity index (χ4v) is 3.05. The van der Waals surface area contributed by atoms with E-state index in [9.17, 15) is 0 Å². The summed E-state index contributed by atoms with van der Waals surface area (Å²) in [6.45, 7) is 4.21. The number of hydrogen-bond acceptors (Lipinski definition) is 6. The number of nitrogens with zero attached hydrogens (tertiary/aromatic N) is 5. The first-order valence-electron chi connectivity index (χ1n) is 7.87. The van der Waals surface area contributed by atoms with Crippen LogP contribution in [-0.4, -0.2) is 34.6 Å². The Morgan fingerprint density at radius 2 is 2.12 bits per heavy atom. The molecule has 0 saturated carbocycles. The van der Waals surface area contributed by atoms with Crippen LogP contribution in [0, 0.1) is 24.2 Å². The Balaban J connectivity index is 1.62. The molecule has 0 aliphatic carbocycles. The zero-order valence-corrected chi connectivity index (χ0v) is 14.2. The van der Waals surface area contributed by atoms with Crippen LogP contribution >= 0.6 is 11.6 Å². The lowest BCUT2D eigenvalue weighted by atomic mass is 9.99. The van der Waals surface area contributed by atoms with E-state index in [1.807, 2.05) is 13.0 Å². The van der Waals surface area contributed by atoms with Crippen LogP contribution in [0.25, 0.3) is 0 Å². The summed E-state index contributed by atoms with van der Waals surface area (Å²) in [5.41, 5.74) is 1.48. The quantitative estimate of drug-likeness (QED) is 0.849. The number of ether oxygens (including phenoxy) is 1. The van der Waals surface area contributed by atoms with Crippen LogP contribution in [-0.2, 0) is 0 Å². The predicted molar refractivity (Wildman–Crippen MR) is 91.2 cm³/mol. The average molecular weight is 344 g/mol. The topological polar surface area (TPSA) is 74.9 Å². The van der Waals surface area contributed by atoms with Gasteiger partial charge in [0, 0.05) is 37.6 Å². The van der Waals surface area contributed by atoms with Gasteiger partial charge in [0.1, 0.15) is 11.9 Å². The lowest BCUT2D eigenvalue weighted by Gasteiger charge is -2.33. The molecule has 1 unspecified atom stereocenters. The third-order valence-corrected chi connectivity index (χ3v) is 4.25. The standard InChI is InChI=1S/C17H18ClN5O/c1-12-7-21-17(22-8-12)24-11-13-3-2-4-23(10-13)16-15(18)5-14(6-19)9-20-16/h5,7-9,13H,2-4,10-11H2,1H3. The van der Waals surface area contributed by atoms with Gasteiger partial charge < -0.3 is 9.64 Å². The first kappa shape index (κ1) is 16.5. The molecule has 1 fully saturated rings. The minimum absolute atomic E-state index is 0.358. The molecule has 1 aliphatic heterocycles. The summed E-state index contributed by atoms with van der Waals surface area (Å²) in [5.74, 6) is 1.09. The van der Waals surface area contributed by atoms with Crippen LogP contribution in [0.3, 0.4) is 0 Å². The first-order valence-corrected chi connectivity index (χ1v) is 8.25. The van der Waals surface area contributed by atoms with Crippen molar-refractivity contribution in [3.8, 4) is 12.1 Å². The summed E-state index contributed by atoms with van der Waals surface area (Å²) in [4.78, 5) is 14.8. The summed E-state index contributed by atoms with van der Waals surface area (Å²) in [6.07, 6.45) is 7.17. The van der Waals surface area contributed by atoms with Gasteiger partial charge in [0.2, 0.25) is 0 Å². The maximum absolute atomic E-state index is 8.91. The molecular formula is C17H18ClN5O. The van der Waals surface area contributed by atoms with E-state index in [-0.39, 0.29) is 0 Å². The smallest absolute Gasteiger partial charge is 0.316 e. The molecular weight excluding hydrogens is 326 g/mol. The van der Waals surface area contributed by atoms with Crippen LogP contribution in [0.15, 0.2) is 24.7 Å². The summed E-state index contributed by atoms with van der Waals surface area (Å²) in [5, 5.41) is 9.42. The Labute approximate surface area is 146 Å². The number of hydrogen-bond donors (Lipinski definition) is 0. The highest BCUT2D eigenvalue weighted by Gasteiger charge is 2.23. The van der Waals surface area contributed by atoms with E-state index in [1.54, 1.807) is 24.7 Å². The van der Waals surface area contributed by atoms with Crippen molar-refractivity contribution in [2.24, 2.45) is 5.92 Å². The molecule has 1 atom stereocenters. The van der Waals surface area contributed by atoms with Gasteiger partial charge in [-0.15, -0.1) is 0 Å². The Morgan fingerprint density at radius 1 is 1.33 bits per heavy atom. The zero-order valence-electron chi connectivity index (χ0n) is 13.4. The number of nitriles is 1. The Bertz CT molecular complexity index is 744. The number of halogens is 1. The summed E-state index contributed by atoms with van der Waals surface area (Å²) >= 11 is 6.27. The van der Waals surface area contributed by atoms with Gasteiger partial charge in [-0.1, -0.05) is 11.6 Å². The van der Waals surface area contributed by atoms with E-state index < -0.39 is 0 Å². The van der Waals surface area contributed by atoms with Crippen molar-refractivity contribution in [2.75, 3.05) is 24.6 Å². The summed E-state index contributed by atoms with van der Waals surface area (Å²) in [7, 11) is 0. The molecule has 24 heavy (non-hydrogen) atoms. The lowest BCUT2D eigenvalue weighted by molar-refractivity contribution is 0.213. The SMILES string of the molecule is Cc1cnc(OCC2CCCN(c3ncc(C#N)cc3Cl)C2)nc1. The van der Waals surface area contributed by atoms with E-state index in [4.69, 9.17) is 21.6 Å². The van der Waals surface area contributed by atoms with E-state index in [0.717, 1.165) is 37.3 Å². The molecule has 0 N–H and O–H groups in total.